The van der Waals surface area contributed by atoms with Crippen LogP contribution in [0.4, 0.5) is 5.69 Å². The van der Waals surface area contributed by atoms with E-state index >= 15 is 0 Å². The van der Waals surface area contributed by atoms with Crippen molar-refractivity contribution < 1.29 is 0 Å². The highest BCUT2D eigenvalue weighted by Gasteiger charge is 2.26. The second-order valence-electron chi connectivity index (χ2n) is 5.97. The van der Waals surface area contributed by atoms with E-state index in [1.54, 1.807) is 0 Å². The van der Waals surface area contributed by atoms with Crippen molar-refractivity contribution in [3.63, 3.8) is 0 Å². The molecule has 2 nitrogen and oxygen atoms in total. The van der Waals surface area contributed by atoms with Crippen molar-refractivity contribution in [2.45, 2.75) is 33.2 Å². The molecule has 1 saturated heterocycles. The lowest BCUT2D eigenvalue weighted by atomic mass is 9.82. The van der Waals surface area contributed by atoms with E-state index in [0.717, 1.165) is 24.7 Å². The fraction of sp³-hybridized carbons (Fsp3) is 0.600. The second kappa shape index (κ2) is 5.50. The number of benzene rings is 1. The predicted molar refractivity (Wildman–Crippen MR) is 79.4 cm³/mol. The van der Waals surface area contributed by atoms with Crippen molar-refractivity contribution >= 4 is 17.3 Å². The van der Waals surface area contributed by atoms with Gasteiger partial charge in [0.25, 0.3) is 0 Å². The van der Waals surface area contributed by atoms with Gasteiger partial charge in [0, 0.05) is 19.6 Å². The third kappa shape index (κ3) is 3.18. The van der Waals surface area contributed by atoms with E-state index < -0.39 is 0 Å². The van der Waals surface area contributed by atoms with Gasteiger partial charge < -0.3 is 10.2 Å². The number of hydrogen-bond donors (Lipinski definition) is 1. The van der Waals surface area contributed by atoms with E-state index in [2.05, 4.69) is 42.3 Å². The first-order valence-electron chi connectivity index (χ1n) is 6.70. The van der Waals surface area contributed by atoms with Crippen LogP contribution in [0.3, 0.4) is 0 Å². The Bertz CT molecular complexity index is 405. The lowest BCUT2D eigenvalue weighted by Gasteiger charge is -2.38. The highest BCUT2D eigenvalue weighted by atomic mass is 35.5. The fourth-order valence-corrected chi connectivity index (χ4v) is 2.80. The van der Waals surface area contributed by atoms with Crippen LogP contribution in [0.1, 0.15) is 32.3 Å². The zero-order valence-corrected chi connectivity index (χ0v) is 12.3. The molecule has 0 aromatic heterocycles. The van der Waals surface area contributed by atoms with Gasteiger partial charge >= 0.3 is 0 Å². The molecule has 1 aromatic carbocycles. The van der Waals surface area contributed by atoms with Crippen LogP contribution in [0.15, 0.2) is 18.2 Å². The molecule has 1 N–H and O–H groups in total. The summed E-state index contributed by atoms with van der Waals surface area (Å²) in [4.78, 5) is 2.41. The van der Waals surface area contributed by atoms with Crippen LogP contribution in [0, 0.1) is 5.41 Å². The van der Waals surface area contributed by atoms with Crippen LogP contribution >= 0.6 is 11.6 Å². The monoisotopic (exact) mass is 266 g/mol. The maximum atomic E-state index is 6.40. The Morgan fingerprint density at radius 1 is 1.28 bits per heavy atom. The summed E-state index contributed by atoms with van der Waals surface area (Å²) < 4.78 is 0. The zero-order valence-electron chi connectivity index (χ0n) is 11.6. The molecule has 0 atom stereocenters. The number of halogens is 1. The number of anilines is 1. The third-order valence-corrected chi connectivity index (χ3v) is 4.15. The molecule has 1 aliphatic rings. The first-order valence-corrected chi connectivity index (χ1v) is 7.08. The number of rotatable bonds is 3. The van der Waals surface area contributed by atoms with Gasteiger partial charge in [-0.05, 0) is 43.0 Å². The van der Waals surface area contributed by atoms with Crippen LogP contribution in [0.25, 0.3) is 0 Å². The van der Waals surface area contributed by atoms with Crippen molar-refractivity contribution in [2.24, 2.45) is 5.41 Å². The molecule has 0 saturated carbocycles. The minimum absolute atomic E-state index is 0.481. The molecule has 1 heterocycles. The Labute approximate surface area is 115 Å². The van der Waals surface area contributed by atoms with E-state index in [-0.39, 0.29) is 0 Å². The van der Waals surface area contributed by atoms with Gasteiger partial charge in [-0.2, -0.15) is 0 Å². The summed E-state index contributed by atoms with van der Waals surface area (Å²) in [7, 11) is 1.95. The summed E-state index contributed by atoms with van der Waals surface area (Å²) in [5, 5.41) is 4.03. The van der Waals surface area contributed by atoms with Gasteiger partial charge in [0.1, 0.15) is 0 Å². The normalized spacial score (nSPS) is 19.0. The molecular weight excluding hydrogens is 244 g/mol. The summed E-state index contributed by atoms with van der Waals surface area (Å²) in [6.07, 6.45) is 2.48. The van der Waals surface area contributed by atoms with Crippen LogP contribution in [0.5, 0.6) is 0 Å². The topological polar surface area (TPSA) is 15.3 Å². The van der Waals surface area contributed by atoms with Crippen molar-refractivity contribution in [3.05, 3.63) is 28.8 Å². The molecule has 1 aliphatic heterocycles. The summed E-state index contributed by atoms with van der Waals surface area (Å²) in [6, 6.07) is 6.40. The van der Waals surface area contributed by atoms with Gasteiger partial charge in [-0.3, -0.25) is 0 Å². The summed E-state index contributed by atoms with van der Waals surface area (Å²) in [5.41, 5.74) is 2.91. The SMILES string of the molecule is CNCc1ccc(N2CCC(C)(C)CC2)c(Cl)c1. The molecule has 0 spiro atoms. The Morgan fingerprint density at radius 3 is 2.50 bits per heavy atom. The number of nitrogens with one attached hydrogen (secondary N) is 1. The van der Waals surface area contributed by atoms with Crippen molar-refractivity contribution in [1.29, 1.82) is 0 Å². The lowest BCUT2D eigenvalue weighted by Crippen LogP contribution is -2.37. The quantitative estimate of drug-likeness (QED) is 0.898. The minimum atomic E-state index is 0.481. The Balaban J connectivity index is 2.10. The number of piperidine rings is 1. The van der Waals surface area contributed by atoms with E-state index in [4.69, 9.17) is 11.6 Å². The minimum Gasteiger partial charge on any atom is -0.370 e. The molecule has 0 aliphatic carbocycles. The average Bonchev–Trinajstić information content (AvgIpc) is 2.31. The predicted octanol–water partition coefficient (Wildman–Crippen LogP) is 3.69. The molecule has 0 bridgehead atoms. The summed E-state index contributed by atoms with van der Waals surface area (Å²) in [6.45, 7) is 7.78. The molecule has 18 heavy (non-hydrogen) atoms. The summed E-state index contributed by atoms with van der Waals surface area (Å²) >= 11 is 6.40. The van der Waals surface area contributed by atoms with Gasteiger partial charge in [-0.1, -0.05) is 31.5 Å². The molecule has 0 amide bonds. The van der Waals surface area contributed by atoms with E-state index in [0.29, 0.717) is 5.41 Å². The molecule has 100 valence electrons. The molecule has 2 rings (SSSR count). The van der Waals surface area contributed by atoms with E-state index in [1.807, 2.05) is 7.05 Å². The highest BCUT2D eigenvalue weighted by Crippen LogP contribution is 2.35. The maximum absolute atomic E-state index is 6.40. The Morgan fingerprint density at radius 2 is 1.94 bits per heavy atom. The zero-order chi connectivity index (χ0) is 13.2. The molecule has 1 aromatic rings. The fourth-order valence-electron chi connectivity index (χ4n) is 2.47. The number of hydrogen-bond acceptors (Lipinski definition) is 2. The first kappa shape index (κ1) is 13.7. The van der Waals surface area contributed by atoms with Crippen molar-refractivity contribution in [2.75, 3.05) is 25.0 Å². The van der Waals surface area contributed by atoms with Gasteiger partial charge in [-0.25, -0.2) is 0 Å². The highest BCUT2D eigenvalue weighted by molar-refractivity contribution is 6.33. The van der Waals surface area contributed by atoms with E-state index in [9.17, 15) is 0 Å². The third-order valence-electron chi connectivity index (χ3n) is 3.85. The largest absolute Gasteiger partial charge is 0.370 e. The van der Waals surface area contributed by atoms with Crippen LogP contribution in [-0.4, -0.2) is 20.1 Å². The smallest absolute Gasteiger partial charge is 0.0642 e. The molecule has 0 radical (unpaired) electrons. The maximum Gasteiger partial charge on any atom is 0.0642 e. The molecule has 0 unspecified atom stereocenters. The molecule has 1 fully saturated rings. The van der Waals surface area contributed by atoms with Crippen LogP contribution in [0.2, 0.25) is 5.02 Å². The lowest BCUT2D eigenvalue weighted by molar-refractivity contribution is 0.280. The standard InChI is InChI=1S/C15H23ClN2/c1-15(2)6-8-18(9-7-15)14-5-4-12(11-17-3)10-13(14)16/h4-5,10,17H,6-9,11H2,1-3H3. The average molecular weight is 267 g/mol. The summed E-state index contributed by atoms with van der Waals surface area (Å²) in [5.74, 6) is 0. The van der Waals surface area contributed by atoms with Gasteiger partial charge in [0.2, 0.25) is 0 Å². The second-order valence-corrected chi connectivity index (χ2v) is 6.37. The van der Waals surface area contributed by atoms with Crippen LogP contribution < -0.4 is 10.2 Å². The van der Waals surface area contributed by atoms with Gasteiger partial charge in [0.05, 0.1) is 10.7 Å². The molecule has 3 heteroatoms. The van der Waals surface area contributed by atoms with E-state index in [1.165, 1.54) is 24.1 Å². The van der Waals surface area contributed by atoms with Crippen molar-refractivity contribution in [1.82, 2.24) is 5.32 Å². The van der Waals surface area contributed by atoms with Gasteiger partial charge in [-0.15, -0.1) is 0 Å². The van der Waals surface area contributed by atoms with Crippen molar-refractivity contribution in [3.8, 4) is 0 Å². The van der Waals surface area contributed by atoms with Gasteiger partial charge in [0.15, 0.2) is 0 Å². The Hall–Kier alpha value is -0.730. The number of nitrogens with zero attached hydrogens (tertiary/aromatic N) is 1. The molecular formula is C15H23ClN2. The van der Waals surface area contributed by atoms with Crippen LogP contribution in [-0.2, 0) is 6.54 Å². The first-order chi connectivity index (χ1) is 8.52. The Kier molecular flexibility index (Phi) is 4.18.